The second kappa shape index (κ2) is 8.60. The minimum atomic E-state index is -0.536. The van der Waals surface area contributed by atoms with E-state index >= 15 is 0 Å². The van der Waals surface area contributed by atoms with Gasteiger partial charge in [-0.25, -0.2) is 4.79 Å². The Hall–Kier alpha value is -2.98. The van der Waals surface area contributed by atoms with Crippen LogP contribution < -0.4 is 14.2 Å². The van der Waals surface area contributed by atoms with Crippen LogP contribution in [0.1, 0.15) is 21.5 Å². The summed E-state index contributed by atoms with van der Waals surface area (Å²) in [5.41, 5.74) is 1.80. The molecule has 0 saturated carbocycles. The molecule has 0 N–H and O–H groups in total. The molecule has 0 aliphatic carbocycles. The summed E-state index contributed by atoms with van der Waals surface area (Å²) in [4.78, 5) is 12.8. The number of carbonyl (C=O) groups excluding carboxylic acids is 1. The molecule has 0 unspecified atom stereocenters. The fraction of sp³-hybridized carbons (Fsp3) is 0.136. The predicted octanol–water partition coefficient (Wildman–Crippen LogP) is 5.46. The average molecular weight is 383 g/mol. The van der Waals surface area contributed by atoms with E-state index in [0.29, 0.717) is 34.4 Å². The van der Waals surface area contributed by atoms with Crippen molar-refractivity contribution >= 4 is 17.6 Å². The van der Waals surface area contributed by atoms with Crippen molar-refractivity contribution in [3.8, 4) is 17.2 Å². The van der Waals surface area contributed by atoms with Gasteiger partial charge in [-0.2, -0.15) is 0 Å². The third-order valence-electron chi connectivity index (χ3n) is 4.04. The third kappa shape index (κ3) is 4.41. The molecule has 3 rings (SSSR count). The molecule has 3 aromatic rings. The maximum atomic E-state index is 12.8. The van der Waals surface area contributed by atoms with E-state index in [1.54, 1.807) is 37.3 Å². The van der Waals surface area contributed by atoms with Gasteiger partial charge < -0.3 is 14.2 Å². The molecule has 0 aliphatic heterocycles. The summed E-state index contributed by atoms with van der Waals surface area (Å²) in [6, 6.07) is 20.2. The highest BCUT2D eigenvalue weighted by atomic mass is 35.5. The first-order valence-corrected chi connectivity index (χ1v) is 8.79. The summed E-state index contributed by atoms with van der Waals surface area (Å²) in [5, 5.41) is 0.351. The van der Waals surface area contributed by atoms with E-state index in [2.05, 4.69) is 0 Å². The Kier molecular flexibility index (Phi) is 5.99. The first-order valence-electron chi connectivity index (χ1n) is 8.41. The summed E-state index contributed by atoms with van der Waals surface area (Å²) < 4.78 is 16.7. The van der Waals surface area contributed by atoms with Gasteiger partial charge in [0.25, 0.3) is 0 Å². The first kappa shape index (κ1) is 18.8. The summed E-state index contributed by atoms with van der Waals surface area (Å²) >= 11 is 6.35. The Bertz CT molecular complexity index is 924. The SMILES string of the molecule is COc1cc(OCc2ccccc2)c(C(=O)Oc2ccccc2)c(C)c1Cl. The van der Waals surface area contributed by atoms with Crippen LogP contribution >= 0.6 is 11.6 Å². The summed E-state index contributed by atoms with van der Waals surface area (Å²) in [5.74, 6) is 0.709. The predicted molar refractivity (Wildman–Crippen MR) is 105 cm³/mol. The van der Waals surface area contributed by atoms with E-state index < -0.39 is 5.97 Å². The van der Waals surface area contributed by atoms with Gasteiger partial charge in [-0.05, 0) is 30.2 Å². The quantitative estimate of drug-likeness (QED) is 0.419. The lowest BCUT2D eigenvalue weighted by atomic mass is 10.1. The van der Waals surface area contributed by atoms with Gasteiger partial charge in [-0.3, -0.25) is 0 Å². The Morgan fingerprint density at radius 1 is 0.963 bits per heavy atom. The van der Waals surface area contributed by atoms with E-state index in [4.69, 9.17) is 25.8 Å². The van der Waals surface area contributed by atoms with Crippen molar-refractivity contribution in [3.63, 3.8) is 0 Å². The van der Waals surface area contributed by atoms with Gasteiger partial charge in [0.2, 0.25) is 0 Å². The number of para-hydroxylation sites is 1. The number of esters is 1. The zero-order chi connectivity index (χ0) is 19.2. The standard InChI is InChI=1S/C22H19ClO4/c1-15-20(22(24)27-17-11-7-4-8-12-17)18(13-19(25-2)21(15)23)26-14-16-9-5-3-6-10-16/h3-13H,14H2,1-2H3. The number of carbonyl (C=O) groups is 1. The van der Waals surface area contributed by atoms with Crippen molar-refractivity contribution in [2.45, 2.75) is 13.5 Å². The topological polar surface area (TPSA) is 44.8 Å². The maximum Gasteiger partial charge on any atom is 0.347 e. The summed E-state index contributed by atoms with van der Waals surface area (Å²) in [6.45, 7) is 2.04. The zero-order valence-electron chi connectivity index (χ0n) is 15.1. The van der Waals surface area contributed by atoms with Crippen LogP contribution in [0.4, 0.5) is 0 Å². The monoisotopic (exact) mass is 382 g/mol. The van der Waals surface area contributed by atoms with Crippen LogP contribution in [-0.4, -0.2) is 13.1 Å². The van der Waals surface area contributed by atoms with Crippen molar-refractivity contribution < 1.29 is 19.0 Å². The lowest BCUT2D eigenvalue weighted by Gasteiger charge is -2.17. The zero-order valence-corrected chi connectivity index (χ0v) is 15.8. The second-order valence-electron chi connectivity index (χ2n) is 5.87. The fourth-order valence-corrected chi connectivity index (χ4v) is 2.86. The molecule has 138 valence electrons. The number of rotatable bonds is 6. The molecule has 5 heteroatoms. The molecule has 0 aliphatic rings. The van der Waals surface area contributed by atoms with Crippen LogP contribution in [0.25, 0.3) is 0 Å². The van der Waals surface area contributed by atoms with Crippen LogP contribution in [-0.2, 0) is 6.61 Å². The van der Waals surface area contributed by atoms with E-state index in [1.165, 1.54) is 7.11 Å². The van der Waals surface area contributed by atoms with Crippen LogP contribution in [0, 0.1) is 6.92 Å². The lowest BCUT2D eigenvalue weighted by Crippen LogP contribution is -2.13. The third-order valence-corrected chi connectivity index (χ3v) is 4.51. The Morgan fingerprint density at radius 2 is 1.59 bits per heavy atom. The minimum Gasteiger partial charge on any atom is -0.495 e. The number of hydrogen-bond acceptors (Lipinski definition) is 4. The molecule has 27 heavy (non-hydrogen) atoms. The maximum absolute atomic E-state index is 12.8. The normalized spacial score (nSPS) is 10.3. The number of halogens is 1. The van der Waals surface area contributed by atoms with Crippen LogP contribution in [0.5, 0.6) is 17.2 Å². The number of methoxy groups -OCH3 is 1. The molecule has 0 amide bonds. The smallest absolute Gasteiger partial charge is 0.347 e. The first-order chi connectivity index (χ1) is 13.1. The van der Waals surface area contributed by atoms with Gasteiger partial charge in [0.15, 0.2) is 0 Å². The second-order valence-corrected chi connectivity index (χ2v) is 6.25. The molecule has 0 radical (unpaired) electrons. The Labute approximate surface area is 163 Å². The number of hydrogen-bond donors (Lipinski definition) is 0. The molecule has 0 aromatic heterocycles. The largest absolute Gasteiger partial charge is 0.495 e. The highest BCUT2D eigenvalue weighted by molar-refractivity contribution is 6.33. The fourth-order valence-electron chi connectivity index (χ4n) is 2.63. The van der Waals surface area contributed by atoms with Crippen LogP contribution in [0.15, 0.2) is 66.7 Å². The molecule has 0 heterocycles. The van der Waals surface area contributed by atoms with Crippen molar-refractivity contribution in [1.29, 1.82) is 0 Å². The van der Waals surface area contributed by atoms with Crippen molar-refractivity contribution in [1.82, 2.24) is 0 Å². The van der Waals surface area contributed by atoms with Crippen LogP contribution in [0.3, 0.4) is 0 Å². The Morgan fingerprint density at radius 3 is 2.22 bits per heavy atom. The van der Waals surface area contributed by atoms with E-state index in [-0.39, 0.29) is 5.56 Å². The number of benzene rings is 3. The summed E-state index contributed by atoms with van der Waals surface area (Å²) in [7, 11) is 1.52. The average Bonchev–Trinajstić information content (AvgIpc) is 2.70. The van der Waals surface area contributed by atoms with E-state index in [0.717, 1.165) is 5.56 Å². The highest BCUT2D eigenvalue weighted by Gasteiger charge is 2.23. The lowest BCUT2D eigenvalue weighted by molar-refractivity contribution is 0.0729. The Balaban J connectivity index is 1.94. The highest BCUT2D eigenvalue weighted by Crippen LogP contribution is 2.37. The summed E-state index contributed by atoms with van der Waals surface area (Å²) in [6.07, 6.45) is 0. The van der Waals surface area contributed by atoms with Gasteiger partial charge in [0.1, 0.15) is 29.4 Å². The molecule has 4 nitrogen and oxygen atoms in total. The van der Waals surface area contributed by atoms with Crippen molar-refractivity contribution in [3.05, 3.63) is 88.4 Å². The van der Waals surface area contributed by atoms with Crippen LogP contribution in [0.2, 0.25) is 5.02 Å². The molecule has 0 bridgehead atoms. The van der Waals surface area contributed by atoms with Gasteiger partial charge in [-0.15, -0.1) is 0 Å². The van der Waals surface area contributed by atoms with Crippen molar-refractivity contribution in [2.24, 2.45) is 0 Å². The molecule has 0 fully saturated rings. The molecule has 0 spiro atoms. The van der Waals surface area contributed by atoms with Gasteiger partial charge in [-0.1, -0.05) is 60.1 Å². The number of ether oxygens (including phenoxy) is 3. The van der Waals surface area contributed by atoms with E-state index in [9.17, 15) is 4.79 Å². The molecule has 0 saturated heterocycles. The molecular weight excluding hydrogens is 364 g/mol. The van der Waals surface area contributed by atoms with Gasteiger partial charge in [0, 0.05) is 6.07 Å². The van der Waals surface area contributed by atoms with Gasteiger partial charge in [0.05, 0.1) is 12.1 Å². The molecule has 0 atom stereocenters. The molecular formula is C22H19ClO4. The van der Waals surface area contributed by atoms with E-state index in [1.807, 2.05) is 36.4 Å². The van der Waals surface area contributed by atoms with Gasteiger partial charge >= 0.3 is 5.97 Å². The molecule has 3 aromatic carbocycles. The van der Waals surface area contributed by atoms with Crippen molar-refractivity contribution in [2.75, 3.05) is 7.11 Å². The minimum absolute atomic E-state index is 0.278.